The Kier molecular flexibility index (Phi) is 5.97. The lowest BCUT2D eigenvalue weighted by Crippen LogP contribution is -3.00. The summed E-state index contributed by atoms with van der Waals surface area (Å²) in [5.41, 5.74) is 0. The first-order chi connectivity index (χ1) is 8.73. The maximum Gasteiger partial charge on any atom is 0.0796 e. The molecular formula is C16H31IN2. The Bertz CT molecular complexity index is 264. The highest BCUT2D eigenvalue weighted by Gasteiger charge is 2.31. The molecule has 3 heteroatoms. The first kappa shape index (κ1) is 16.0. The number of halogens is 1. The van der Waals surface area contributed by atoms with Crippen molar-refractivity contribution in [1.29, 1.82) is 0 Å². The minimum atomic E-state index is 0. The number of rotatable bonds is 4. The zero-order valence-electron chi connectivity index (χ0n) is 12.6. The topological polar surface area (TPSA) is 3.24 Å². The van der Waals surface area contributed by atoms with E-state index in [0.717, 1.165) is 11.8 Å². The number of likely N-dealkylation sites (tertiary alicyclic amines) is 2. The van der Waals surface area contributed by atoms with Crippen LogP contribution in [0, 0.1) is 11.8 Å². The molecule has 2 atom stereocenters. The van der Waals surface area contributed by atoms with Gasteiger partial charge in [-0.2, -0.15) is 0 Å². The average Bonchev–Trinajstić information content (AvgIpc) is 2.76. The maximum absolute atomic E-state index is 2.79. The SMILES string of the molecule is C[N+]1(CCCN2CC3CCCC(C3)C2)CCCC1.[I-]. The van der Waals surface area contributed by atoms with Crippen LogP contribution in [0.15, 0.2) is 0 Å². The van der Waals surface area contributed by atoms with Crippen molar-refractivity contribution < 1.29 is 28.5 Å². The summed E-state index contributed by atoms with van der Waals surface area (Å²) in [6.45, 7) is 8.50. The molecule has 0 N–H and O–H groups in total. The molecule has 0 aromatic carbocycles. The Morgan fingerprint density at radius 2 is 1.63 bits per heavy atom. The predicted octanol–water partition coefficient (Wildman–Crippen LogP) is -0.257. The van der Waals surface area contributed by atoms with E-state index >= 15 is 0 Å². The summed E-state index contributed by atoms with van der Waals surface area (Å²) in [7, 11) is 2.47. The second kappa shape index (κ2) is 7.08. The van der Waals surface area contributed by atoms with Gasteiger partial charge < -0.3 is 33.4 Å². The van der Waals surface area contributed by atoms with Gasteiger partial charge >= 0.3 is 0 Å². The molecule has 2 bridgehead atoms. The third-order valence-electron chi connectivity index (χ3n) is 5.74. The highest BCUT2D eigenvalue weighted by atomic mass is 127. The summed E-state index contributed by atoms with van der Waals surface area (Å²) in [6, 6.07) is 0. The van der Waals surface area contributed by atoms with Crippen LogP contribution < -0.4 is 24.0 Å². The molecule has 2 aliphatic heterocycles. The Balaban J connectivity index is 0.00000133. The Morgan fingerprint density at radius 1 is 1.00 bits per heavy atom. The van der Waals surface area contributed by atoms with Gasteiger partial charge in [-0.05, 0) is 31.1 Å². The zero-order chi connectivity index (χ0) is 12.4. The Labute approximate surface area is 136 Å². The van der Waals surface area contributed by atoms with Gasteiger partial charge in [0, 0.05) is 38.9 Å². The van der Waals surface area contributed by atoms with Crippen molar-refractivity contribution in [3.63, 3.8) is 0 Å². The monoisotopic (exact) mass is 378 g/mol. The molecule has 2 nitrogen and oxygen atoms in total. The summed E-state index contributed by atoms with van der Waals surface area (Å²) >= 11 is 0. The van der Waals surface area contributed by atoms with E-state index in [0.29, 0.717) is 0 Å². The van der Waals surface area contributed by atoms with E-state index in [-0.39, 0.29) is 24.0 Å². The fourth-order valence-corrected chi connectivity index (χ4v) is 4.72. The van der Waals surface area contributed by atoms with Crippen LogP contribution >= 0.6 is 0 Å². The molecule has 2 saturated heterocycles. The molecule has 2 unspecified atom stereocenters. The van der Waals surface area contributed by atoms with Gasteiger partial charge in [0.1, 0.15) is 0 Å². The summed E-state index contributed by atoms with van der Waals surface area (Å²) in [5, 5.41) is 0. The van der Waals surface area contributed by atoms with Crippen molar-refractivity contribution in [2.45, 2.75) is 44.9 Å². The van der Waals surface area contributed by atoms with Gasteiger partial charge in [0.15, 0.2) is 0 Å². The molecule has 0 radical (unpaired) electrons. The number of quaternary nitrogens is 1. The van der Waals surface area contributed by atoms with Crippen LogP contribution in [0.1, 0.15) is 44.9 Å². The molecule has 0 amide bonds. The van der Waals surface area contributed by atoms with Crippen LogP contribution in [-0.4, -0.2) is 55.7 Å². The number of fused-ring (bicyclic) bond motifs is 2. The van der Waals surface area contributed by atoms with Gasteiger partial charge in [0.25, 0.3) is 0 Å². The van der Waals surface area contributed by atoms with Gasteiger partial charge in [-0.25, -0.2) is 0 Å². The van der Waals surface area contributed by atoms with E-state index < -0.39 is 0 Å². The summed E-state index contributed by atoms with van der Waals surface area (Å²) in [4.78, 5) is 2.79. The first-order valence-corrected chi connectivity index (χ1v) is 8.29. The first-order valence-electron chi connectivity index (χ1n) is 8.29. The van der Waals surface area contributed by atoms with Crippen molar-refractivity contribution >= 4 is 0 Å². The van der Waals surface area contributed by atoms with Crippen LogP contribution in [0.25, 0.3) is 0 Å². The molecule has 112 valence electrons. The van der Waals surface area contributed by atoms with E-state index in [1.165, 1.54) is 82.3 Å². The number of nitrogens with zero attached hydrogens (tertiary/aromatic N) is 2. The van der Waals surface area contributed by atoms with Gasteiger partial charge in [-0.15, -0.1) is 0 Å². The third kappa shape index (κ3) is 4.31. The largest absolute Gasteiger partial charge is 1.00 e. The van der Waals surface area contributed by atoms with Crippen LogP contribution in [0.5, 0.6) is 0 Å². The molecule has 2 heterocycles. The van der Waals surface area contributed by atoms with Gasteiger partial charge in [0.2, 0.25) is 0 Å². The van der Waals surface area contributed by atoms with Crippen molar-refractivity contribution in [3.8, 4) is 0 Å². The lowest BCUT2D eigenvalue weighted by molar-refractivity contribution is -0.897. The van der Waals surface area contributed by atoms with E-state index in [4.69, 9.17) is 0 Å². The predicted molar refractivity (Wildman–Crippen MR) is 76.5 cm³/mol. The molecule has 3 aliphatic rings. The normalized spacial score (nSPS) is 33.9. The zero-order valence-corrected chi connectivity index (χ0v) is 14.8. The molecule has 3 rings (SSSR count). The fourth-order valence-electron chi connectivity index (χ4n) is 4.72. The van der Waals surface area contributed by atoms with Crippen molar-refractivity contribution in [2.24, 2.45) is 11.8 Å². The lowest BCUT2D eigenvalue weighted by atomic mass is 9.78. The second-order valence-electron chi connectivity index (χ2n) is 7.51. The van der Waals surface area contributed by atoms with Crippen molar-refractivity contribution in [3.05, 3.63) is 0 Å². The van der Waals surface area contributed by atoms with E-state index in [1.54, 1.807) is 6.42 Å². The smallest absolute Gasteiger partial charge is 0.0796 e. The van der Waals surface area contributed by atoms with Gasteiger partial charge in [-0.1, -0.05) is 6.42 Å². The Morgan fingerprint density at radius 3 is 2.26 bits per heavy atom. The van der Waals surface area contributed by atoms with Gasteiger partial charge in [-0.3, -0.25) is 0 Å². The Hall–Kier alpha value is 0.650. The number of piperidine rings is 1. The van der Waals surface area contributed by atoms with E-state index in [2.05, 4.69) is 11.9 Å². The summed E-state index contributed by atoms with van der Waals surface area (Å²) in [5.74, 6) is 2.10. The minimum absolute atomic E-state index is 0. The molecule has 0 aromatic rings. The van der Waals surface area contributed by atoms with Crippen LogP contribution in [-0.2, 0) is 0 Å². The number of hydrogen-bond donors (Lipinski definition) is 0. The maximum atomic E-state index is 2.79. The number of hydrogen-bond acceptors (Lipinski definition) is 1. The molecule has 1 saturated carbocycles. The summed E-state index contributed by atoms with van der Waals surface area (Å²) < 4.78 is 1.36. The second-order valence-corrected chi connectivity index (χ2v) is 7.51. The summed E-state index contributed by atoms with van der Waals surface area (Å²) in [6.07, 6.45) is 10.4. The van der Waals surface area contributed by atoms with Crippen LogP contribution in [0.2, 0.25) is 0 Å². The molecular weight excluding hydrogens is 347 g/mol. The molecule has 19 heavy (non-hydrogen) atoms. The van der Waals surface area contributed by atoms with Gasteiger partial charge in [0.05, 0.1) is 26.7 Å². The lowest BCUT2D eigenvalue weighted by Gasteiger charge is -2.41. The van der Waals surface area contributed by atoms with Crippen molar-refractivity contribution in [1.82, 2.24) is 4.90 Å². The minimum Gasteiger partial charge on any atom is -1.00 e. The van der Waals surface area contributed by atoms with Crippen LogP contribution in [0.3, 0.4) is 0 Å². The standard InChI is InChI=1S/C16H31N2.HI/c1-18(9-2-3-10-18)11-5-8-17-13-15-6-4-7-16(12-15)14-17;/h15-16H,2-14H2,1H3;1H/q+1;/p-1. The third-order valence-corrected chi connectivity index (χ3v) is 5.74. The van der Waals surface area contributed by atoms with Crippen molar-refractivity contribution in [2.75, 3.05) is 46.3 Å². The molecule has 0 aromatic heterocycles. The highest BCUT2D eigenvalue weighted by Crippen LogP contribution is 2.34. The van der Waals surface area contributed by atoms with E-state index in [1.807, 2.05) is 0 Å². The molecule has 1 aliphatic carbocycles. The fraction of sp³-hybridized carbons (Fsp3) is 1.00. The van der Waals surface area contributed by atoms with Crippen LogP contribution in [0.4, 0.5) is 0 Å². The van der Waals surface area contributed by atoms with E-state index in [9.17, 15) is 0 Å². The molecule has 3 fully saturated rings. The quantitative estimate of drug-likeness (QED) is 0.482. The average molecular weight is 378 g/mol. The molecule has 0 spiro atoms. The highest BCUT2D eigenvalue weighted by molar-refractivity contribution is 4.83.